The van der Waals surface area contributed by atoms with Gasteiger partial charge in [0.1, 0.15) is 18.3 Å². The number of piperazine rings is 1. The molecular formula is C23H35N7O. The van der Waals surface area contributed by atoms with Crippen molar-refractivity contribution >= 4 is 11.4 Å². The molecule has 2 fully saturated rings. The maximum atomic E-state index is 6.26. The summed E-state index contributed by atoms with van der Waals surface area (Å²) < 4.78 is 5.27. The molecule has 0 aliphatic carbocycles. The maximum Gasteiger partial charge on any atom is 0.138 e. The van der Waals surface area contributed by atoms with Crippen molar-refractivity contribution in [3.8, 4) is 5.75 Å². The Morgan fingerprint density at radius 3 is 2.48 bits per heavy atom. The zero-order valence-electron chi connectivity index (χ0n) is 18.7. The van der Waals surface area contributed by atoms with Crippen LogP contribution in [0, 0.1) is 6.92 Å². The van der Waals surface area contributed by atoms with Gasteiger partial charge >= 0.3 is 0 Å². The van der Waals surface area contributed by atoms with Crippen molar-refractivity contribution in [3.05, 3.63) is 54.1 Å². The van der Waals surface area contributed by atoms with Crippen LogP contribution in [0.5, 0.6) is 5.75 Å². The number of rotatable bonds is 6. The van der Waals surface area contributed by atoms with Gasteiger partial charge < -0.3 is 20.7 Å². The Bertz CT molecular complexity index is 838. The molecule has 168 valence electrons. The van der Waals surface area contributed by atoms with E-state index in [1.807, 2.05) is 12.1 Å². The van der Waals surface area contributed by atoms with Crippen LogP contribution in [-0.2, 0) is 0 Å². The predicted molar refractivity (Wildman–Crippen MR) is 126 cm³/mol. The highest BCUT2D eigenvalue weighted by Crippen LogP contribution is 2.21. The summed E-state index contributed by atoms with van der Waals surface area (Å²) in [5, 5.41) is 10.4. The summed E-state index contributed by atoms with van der Waals surface area (Å²) in [6.45, 7) is 7.10. The van der Waals surface area contributed by atoms with Crippen LogP contribution in [0.1, 0.15) is 5.56 Å². The number of likely N-dealkylation sites (N-methyl/N-ethyl adjacent to an activating group) is 1. The summed E-state index contributed by atoms with van der Waals surface area (Å²) >= 11 is 0. The summed E-state index contributed by atoms with van der Waals surface area (Å²) in [7, 11) is 3.82. The Hall–Kier alpha value is -2.36. The Balaban J connectivity index is 1.32. The fourth-order valence-electron chi connectivity index (χ4n) is 4.28. The number of methoxy groups -OCH3 is 1. The molecule has 2 aliphatic rings. The van der Waals surface area contributed by atoms with Crippen LogP contribution in [-0.4, -0.2) is 75.4 Å². The number of anilines is 2. The van der Waals surface area contributed by atoms with Gasteiger partial charge in [0.2, 0.25) is 0 Å². The number of hydrogen-bond acceptors (Lipinski definition) is 8. The van der Waals surface area contributed by atoms with Gasteiger partial charge in [0, 0.05) is 44.1 Å². The van der Waals surface area contributed by atoms with Crippen molar-refractivity contribution in [2.75, 3.05) is 57.1 Å². The van der Waals surface area contributed by atoms with Crippen molar-refractivity contribution in [1.29, 1.82) is 0 Å². The van der Waals surface area contributed by atoms with E-state index in [0.29, 0.717) is 0 Å². The molecule has 2 aromatic rings. The Kier molecular flexibility index (Phi) is 6.94. The van der Waals surface area contributed by atoms with E-state index in [2.05, 4.69) is 81.0 Å². The van der Waals surface area contributed by atoms with Gasteiger partial charge in [-0.05, 0) is 55.9 Å². The van der Waals surface area contributed by atoms with Gasteiger partial charge in [-0.2, -0.15) is 0 Å². The van der Waals surface area contributed by atoms with E-state index in [4.69, 9.17) is 10.5 Å². The molecule has 0 aromatic heterocycles. The quantitative estimate of drug-likeness (QED) is 0.550. The summed E-state index contributed by atoms with van der Waals surface area (Å²) in [5.74, 6) is 0.896. The highest BCUT2D eigenvalue weighted by molar-refractivity contribution is 5.49. The van der Waals surface area contributed by atoms with E-state index in [-0.39, 0.29) is 18.7 Å². The van der Waals surface area contributed by atoms with Gasteiger partial charge in [-0.15, -0.1) is 0 Å². The lowest BCUT2D eigenvalue weighted by molar-refractivity contribution is 0.0348. The molecule has 2 aliphatic heterocycles. The zero-order valence-corrected chi connectivity index (χ0v) is 18.7. The van der Waals surface area contributed by atoms with Crippen LogP contribution < -0.4 is 31.3 Å². The standard InChI is InChI=1S/C23H35N7O/c1-17-5-4-6-18(15-17)25-23-27-22(24)26-21(28(23)2)16-29-11-13-30(14-12-29)19-7-9-20(31-3)10-8-19/h4-10,15,21-23,25-27H,11-14,16,24H2,1-3H3. The first kappa shape index (κ1) is 21.9. The van der Waals surface area contributed by atoms with Gasteiger partial charge in [0.25, 0.3) is 0 Å². The lowest BCUT2D eigenvalue weighted by atomic mass is 10.2. The van der Waals surface area contributed by atoms with Crippen LogP contribution in [0.2, 0.25) is 0 Å². The number of ether oxygens (including phenoxy) is 1. The molecule has 0 bridgehead atoms. The van der Waals surface area contributed by atoms with E-state index in [0.717, 1.165) is 44.2 Å². The van der Waals surface area contributed by atoms with Gasteiger partial charge in [-0.3, -0.25) is 20.4 Å². The minimum absolute atomic E-state index is 0.0383. The highest BCUT2D eigenvalue weighted by atomic mass is 16.5. The number of hydrogen-bond donors (Lipinski definition) is 4. The molecule has 3 atom stereocenters. The van der Waals surface area contributed by atoms with Crippen LogP contribution in [0.4, 0.5) is 11.4 Å². The van der Waals surface area contributed by atoms with E-state index in [1.165, 1.54) is 11.3 Å². The minimum Gasteiger partial charge on any atom is -0.497 e. The van der Waals surface area contributed by atoms with Crippen LogP contribution >= 0.6 is 0 Å². The Morgan fingerprint density at radius 2 is 1.81 bits per heavy atom. The minimum atomic E-state index is -0.260. The number of nitrogens with one attached hydrogen (secondary N) is 3. The second-order valence-electron chi connectivity index (χ2n) is 8.39. The Morgan fingerprint density at radius 1 is 1.06 bits per heavy atom. The molecule has 31 heavy (non-hydrogen) atoms. The van der Waals surface area contributed by atoms with E-state index < -0.39 is 0 Å². The molecule has 8 heteroatoms. The molecule has 0 radical (unpaired) electrons. The molecule has 3 unspecified atom stereocenters. The molecule has 5 N–H and O–H groups in total. The summed E-state index contributed by atoms with van der Waals surface area (Å²) in [5.41, 5.74) is 9.84. The topological polar surface area (TPSA) is 81.1 Å². The SMILES string of the molecule is COc1ccc(N2CCN(CC3NC(N)NC(Nc4cccc(C)c4)N3C)CC2)cc1. The van der Waals surface area contributed by atoms with Gasteiger partial charge in [0.05, 0.1) is 13.3 Å². The predicted octanol–water partition coefficient (Wildman–Crippen LogP) is 1.21. The van der Waals surface area contributed by atoms with Gasteiger partial charge in [-0.1, -0.05) is 12.1 Å². The van der Waals surface area contributed by atoms with Crippen molar-refractivity contribution < 1.29 is 4.74 Å². The fourth-order valence-corrected chi connectivity index (χ4v) is 4.28. The first-order valence-electron chi connectivity index (χ1n) is 11.0. The first-order valence-corrected chi connectivity index (χ1v) is 11.0. The van der Waals surface area contributed by atoms with Gasteiger partial charge in [0.15, 0.2) is 0 Å². The molecule has 0 amide bonds. The van der Waals surface area contributed by atoms with E-state index in [1.54, 1.807) is 7.11 Å². The number of nitrogens with zero attached hydrogens (tertiary/aromatic N) is 3. The normalized spacial score (nSPS) is 25.4. The smallest absolute Gasteiger partial charge is 0.138 e. The summed E-state index contributed by atoms with van der Waals surface area (Å²) in [6, 6.07) is 16.7. The highest BCUT2D eigenvalue weighted by Gasteiger charge is 2.32. The summed E-state index contributed by atoms with van der Waals surface area (Å²) in [6.07, 6.45) is -0.140. The van der Waals surface area contributed by atoms with Crippen LogP contribution in [0.15, 0.2) is 48.5 Å². The van der Waals surface area contributed by atoms with Crippen LogP contribution in [0.25, 0.3) is 0 Å². The third kappa shape index (κ3) is 5.47. The van der Waals surface area contributed by atoms with Crippen molar-refractivity contribution in [2.45, 2.75) is 25.7 Å². The van der Waals surface area contributed by atoms with Crippen molar-refractivity contribution in [2.24, 2.45) is 5.73 Å². The number of nitrogens with two attached hydrogens (primary N) is 1. The van der Waals surface area contributed by atoms with Crippen molar-refractivity contribution in [1.82, 2.24) is 20.4 Å². The van der Waals surface area contributed by atoms with E-state index >= 15 is 0 Å². The Labute approximate surface area is 185 Å². The lowest BCUT2D eigenvalue weighted by Gasteiger charge is -2.46. The lowest BCUT2D eigenvalue weighted by Crippen LogP contribution is -2.74. The van der Waals surface area contributed by atoms with E-state index in [9.17, 15) is 0 Å². The monoisotopic (exact) mass is 425 g/mol. The van der Waals surface area contributed by atoms with Gasteiger partial charge in [-0.25, -0.2) is 0 Å². The average molecular weight is 426 g/mol. The van der Waals surface area contributed by atoms with Crippen LogP contribution in [0.3, 0.4) is 0 Å². The van der Waals surface area contributed by atoms with Crippen molar-refractivity contribution in [3.63, 3.8) is 0 Å². The number of aryl methyl sites for hydroxylation is 1. The average Bonchev–Trinajstić information content (AvgIpc) is 2.77. The molecule has 2 saturated heterocycles. The molecular weight excluding hydrogens is 390 g/mol. The third-order valence-corrected chi connectivity index (χ3v) is 6.17. The largest absolute Gasteiger partial charge is 0.497 e. The first-order chi connectivity index (χ1) is 15.0. The fraction of sp³-hybridized carbons (Fsp3) is 0.478. The molecule has 8 nitrogen and oxygen atoms in total. The zero-order chi connectivity index (χ0) is 21.8. The second-order valence-corrected chi connectivity index (χ2v) is 8.39. The molecule has 0 spiro atoms. The summed E-state index contributed by atoms with van der Waals surface area (Å²) in [4.78, 5) is 7.22. The maximum absolute atomic E-state index is 6.26. The molecule has 4 rings (SSSR count). The molecule has 2 aromatic carbocycles. The second kappa shape index (κ2) is 9.84. The molecule has 0 saturated carbocycles. The third-order valence-electron chi connectivity index (χ3n) is 6.17. The molecule has 2 heterocycles. The number of benzene rings is 2.